The van der Waals surface area contributed by atoms with E-state index in [4.69, 9.17) is 46.4 Å². The van der Waals surface area contributed by atoms with Crippen molar-refractivity contribution in [2.75, 3.05) is 162 Å². The number of carbonyl (C=O) groups is 16. The van der Waals surface area contributed by atoms with Crippen molar-refractivity contribution in [1.82, 2.24) is 65.8 Å². The molecule has 812 valence electrons. The lowest BCUT2D eigenvalue weighted by atomic mass is 10.0. The van der Waals surface area contributed by atoms with Gasteiger partial charge in [-0.2, -0.15) is 4.99 Å². The second kappa shape index (κ2) is 63.8. The Morgan fingerprint density at radius 3 is 0.910 bits per heavy atom. The van der Waals surface area contributed by atoms with Gasteiger partial charge in [0.05, 0.1) is 63.2 Å². The summed E-state index contributed by atoms with van der Waals surface area (Å²) in [5.41, 5.74) is 3.74. The number of thiocarbonyl (C=S) groups is 2. The van der Waals surface area contributed by atoms with E-state index in [1.807, 2.05) is 24.3 Å². The summed E-state index contributed by atoms with van der Waals surface area (Å²) in [5.74, 6) is -12.4. The molecule has 2 aliphatic heterocycles. The molecule has 6 atom stereocenters. The van der Waals surface area contributed by atoms with Gasteiger partial charge in [0.1, 0.15) is 57.8 Å². The molecule has 0 saturated carbocycles. The zero-order chi connectivity index (χ0) is 109. The molecule has 0 aliphatic carbocycles. The molecular weight excluding hydrogens is 1920 g/mol. The number of urea groups is 2. The van der Waals surface area contributed by atoms with Crippen LogP contribution >= 0.6 is 24.4 Å². The Balaban J connectivity index is 0.000000813. The third-order valence-corrected chi connectivity index (χ3v) is 21.0. The predicted octanol–water partition coefficient (Wildman–Crippen LogP) is 5.31. The summed E-state index contributed by atoms with van der Waals surface area (Å²) in [7, 11) is 0. The van der Waals surface area contributed by atoms with Gasteiger partial charge in [0.15, 0.2) is 5.11 Å². The fourth-order valence-corrected chi connectivity index (χ4v) is 14.9. The largest absolute Gasteiger partial charge is 0.480 e. The van der Waals surface area contributed by atoms with Crippen molar-refractivity contribution < 1.29 is 146 Å². The zero-order valence-electron chi connectivity index (χ0n) is 86.5. The van der Waals surface area contributed by atoms with Gasteiger partial charge in [-0.3, -0.25) is 87.1 Å². The van der Waals surface area contributed by atoms with Gasteiger partial charge >= 0.3 is 95.6 Å². The second-order valence-corrected chi connectivity index (χ2v) is 41.5. The number of aliphatic carboxylic acids is 8. The minimum atomic E-state index is -1.23. The van der Waals surface area contributed by atoms with Gasteiger partial charge in [0, 0.05) is 129 Å². The average molecular weight is 2080 g/mol. The van der Waals surface area contributed by atoms with Crippen LogP contribution in [0.3, 0.4) is 0 Å². The number of carbonyl (C=O) groups excluding carboxylic acids is 8. The van der Waals surface area contributed by atoms with Crippen molar-refractivity contribution >= 4 is 142 Å². The highest BCUT2D eigenvalue weighted by Crippen LogP contribution is 2.24. The molecular formula is C96H156N16O30S2. The van der Waals surface area contributed by atoms with Crippen molar-refractivity contribution in [3.63, 3.8) is 0 Å². The van der Waals surface area contributed by atoms with E-state index in [9.17, 15) is 118 Å². The van der Waals surface area contributed by atoms with Gasteiger partial charge in [-0.05, 0) is 255 Å². The Hall–Kier alpha value is -11.3. The molecule has 0 bridgehead atoms. The van der Waals surface area contributed by atoms with Crippen LogP contribution in [0.25, 0.3) is 0 Å². The van der Waals surface area contributed by atoms with E-state index in [-0.39, 0.29) is 176 Å². The van der Waals surface area contributed by atoms with Crippen LogP contribution < -0.4 is 37.6 Å². The molecule has 4 rings (SSSR count). The molecule has 48 heteroatoms. The minimum Gasteiger partial charge on any atom is -0.480 e. The smallest absolute Gasteiger partial charge is 0.329 e. The van der Waals surface area contributed by atoms with Crippen LogP contribution in [0, 0.1) is 0 Å². The first-order valence-corrected chi connectivity index (χ1v) is 48.6. The molecule has 0 aromatic heterocycles. The number of carboxylic acid groups (broad SMARTS) is 8. The molecule has 0 radical (unpaired) electrons. The SMILES string of the molecule is CC(C)(C)OC(=O)CC[C@H](NC(=O)N[C@@H](CCCCN)C(=O)OC(C)(C)C)C(=O)OC(C)(C)C.CC(C)(C)OC(=O)CC[C@H](NC(=O)N[C@@H](CCCCNC(=S)Nc1ccc(CC2CN(CC(=O)O)CCN(CC(=O)O)CCN(CC(=O)O)CCN2CC(=O)O)cc1)C(=O)OC(C)(C)C)C(=O)OC(C)(C)C.O=C(O)CN1CCN(CC(=O)O)CCN(CC(=O)O)C(Cc2ccc(N=C=S)cc2)CN(CC(=O)O)CC1. The summed E-state index contributed by atoms with van der Waals surface area (Å²) in [6.45, 7) is 31.9. The molecule has 4 amide bonds. The maximum absolute atomic E-state index is 13.3. The number of amides is 4. The van der Waals surface area contributed by atoms with Crippen molar-refractivity contribution in [2.24, 2.45) is 10.7 Å². The summed E-state index contributed by atoms with van der Waals surface area (Å²) in [6.07, 6.45) is 2.99. The topological polar surface area (TPSA) is 627 Å². The van der Waals surface area contributed by atoms with Crippen LogP contribution in [0.15, 0.2) is 53.5 Å². The zero-order valence-corrected chi connectivity index (χ0v) is 88.1. The van der Waals surface area contributed by atoms with Crippen LogP contribution in [-0.2, 0) is 108 Å². The third-order valence-electron chi connectivity index (χ3n) is 20.7. The Kier molecular flexibility index (Phi) is 57.1. The molecule has 2 unspecified atom stereocenters. The van der Waals surface area contributed by atoms with Crippen molar-refractivity contribution in [1.29, 1.82) is 0 Å². The lowest BCUT2D eigenvalue weighted by Crippen LogP contribution is -2.53. The Morgan fingerprint density at radius 1 is 0.368 bits per heavy atom. The highest BCUT2D eigenvalue weighted by molar-refractivity contribution is 7.80. The molecule has 144 heavy (non-hydrogen) atoms. The van der Waals surface area contributed by atoms with Gasteiger partial charge in [-0.15, -0.1) is 0 Å². The van der Waals surface area contributed by atoms with Crippen molar-refractivity contribution in [3.05, 3.63) is 59.7 Å². The summed E-state index contributed by atoms with van der Waals surface area (Å²) in [6, 6.07) is 7.44. The molecule has 46 nitrogen and oxygen atoms in total. The molecule has 16 N–H and O–H groups in total. The number of ether oxygens (including phenoxy) is 6. The summed E-state index contributed by atoms with van der Waals surface area (Å²) >= 11 is 10.2. The number of aliphatic imine (C=N–C) groups is 1. The van der Waals surface area contributed by atoms with Crippen molar-refractivity contribution in [2.45, 2.75) is 272 Å². The van der Waals surface area contributed by atoms with Crippen LogP contribution in [-0.4, -0.2) is 413 Å². The number of benzene rings is 2. The van der Waals surface area contributed by atoms with Crippen LogP contribution in [0.5, 0.6) is 0 Å². The highest BCUT2D eigenvalue weighted by atomic mass is 32.1. The van der Waals surface area contributed by atoms with Gasteiger partial charge in [-0.25, -0.2) is 28.8 Å². The molecule has 0 spiro atoms. The quantitative estimate of drug-likeness (QED) is 0.0131. The summed E-state index contributed by atoms with van der Waals surface area (Å²) in [4.78, 5) is 213. The second-order valence-electron chi connectivity index (χ2n) is 40.9. The average Bonchev–Trinajstić information content (AvgIpc) is 0.852. The number of esters is 6. The number of isothiocyanates is 1. The number of hydrogen-bond acceptors (Lipinski definition) is 34. The van der Waals surface area contributed by atoms with E-state index >= 15 is 0 Å². The Labute approximate surface area is 853 Å². The van der Waals surface area contributed by atoms with E-state index < -0.39 is 165 Å². The maximum atomic E-state index is 13.3. The lowest BCUT2D eigenvalue weighted by Gasteiger charge is -2.37. The fourth-order valence-electron chi connectivity index (χ4n) is 14.6. The first kappa shape index (κ1) is 129. The number of anilines is 1. The molecule has 2 aromatic rings. The van der Waals surface area contributed by atoms with E-state index in [2.05, 4.69) is 54.3 Å². The number of nitrogens with zero attached hydrogens (tertiary/aromatic N) is 9. The first-order valence-electron chi connectivity index (χ1n) is 47.8. The van der Waals surface area contributed by atoms with Crippen molar-refractivity contribution in [3.8, 4) is 0 Å². The number of nitrogens with one attached hydrogen (secondary N) is 6. The first-order chi connectivity index (χ1) is 66.7. The van der Waals surface area contributed by atoms with E-state index in [0.717, 1.165) is 11.1 Å². The monoisotopic (exact) mass is 2080 g/mol. The normalized spacial score (nSPS) is 16.7. The van der Waals surface area contributed by atoms with Crippen LogP contribution in [0.4, 0.5) is 21.0 Å². The number of rotatable bonds is 45. The highest BCUT2D eigenvalue weighted by Gasteiger charge is 2.37. The number of nitrogens with two attached hydrogens (primary N) is 1. The third kappa shape index (κ3) is 63.1. The van der Waals surface area contributed by atoms with Gasteiger partial charge < -0.3 is 107 Å². The van der Waals surface area contributed by atoms with Gasteiger partial charge in [0.25, 0.3) is 0 Å². The number of carboxylic acids is 8. The molecule has 2 aromatic carbocycles. The van der Waals surface area contributed by atoms with Crippen LogP contribution in [0.2, 0.25) is 0 Å². The number of unbranched alkanes of at least 4 members (excludes halogenated alkanes) is 2. The Bertz CT molecular complexity index is 4530. The molecule has 2 heterocycles. The molecule has 2 fully saturated rings. The van der Waals surface area contributed by atoms with Gasteiger partial charge in [-0.1, -0.05) is 24.3 Å². The Morgan fingerprint density at radius 2 is 0.632 bits per heavy atom. The molecule has 2 aliphatic rings. The molecule has 2 saturated heterocycles. The summed E-state index contributed by atoms with van der Waals surface area (Å²) < 4.78 is 32.5. The standard InChI is InChI=1S/C48H78N8O15S.C24H33N5O8S.C24H45N3O7/c1-46(2,3)69-41(65)18-17-36(43(67)71-48(7,8)9)52-44(68)51-35(42(66)70-47(4,5)6)12-10-11-19-49-45(72)50-33-15-13-32(14-16-33)26-34-27-55(30-39(61)62)23-22-53(28-37(57)58)20-21-54(29-38(59)60)24-25-56(34)31-40(63)64;30-21(31)13-26-5-6-27(14-22(32)33)9-10-29(16-24(36)37)20(12-28(8-7-26)15-23(34)35)11-18-1-3-19(4-2-18)25-17-38;1-22(2,3)32-18(28)14-13-17(20(30)34-24(7,8)9)27-21(31)26-16(12-10-11-15-25)19(29)33-23(4,5)6/h13-16,34-36H,10-12,17-31H2,1-9H3,(H,57,58)(H,59,60)(H,61,62)(H,63,64)(H2,49,50,72)(H2,51,52,68);1-4,20H,5-16H2,(H,30,31)(H,32,33)(H,34,35)(H,36,37);16-17H,10-15,25H2,1-9H3,(H2,26,27,31)/t34?,35-,36-;;16-,17-/m0.0/s1. The number of hydrogen-bond donors (Lipinski definition) is 15. The van der Waals surface area contributed by atoms with Crippen LogP contribution in [0.1, 0.15) is 200 Å². The van der Waals surface area contributed by atoms with E-state index in [1.165, 1.54) is 0 Å². The fraction of sp³-hybridized carbons (Fsp3) is 0.688. The van der Waals surface area contributed by atoms with E-state index in [0.29, 0.717) is 74.5 Å². The van der Waals surface area contributed by atoms with E-state index in [1.54, 1.807) is 188 Å². The maximum Gasteiger partial charge on any atom is 0.329 e. The summed E-state index contributed by atoms with van der Waals surface area (Å²) in [5, 5.41) is 95.7. The minimum absolute atomic E-state index is 0.0263. The lowest BCUT2D eigenvalue weighted by molar-refractivity contribution is -0.160. The predicted molar refractivity (Wildman–Crippen MR) is 538 cm³/mol. The van der Waals surface area contributed by atoms with Gasteiger partial charge in [0.2, 0.25) is 0 Å².